The highest BCUT2D eigenvalue weighted by atomic mass is 32.1. The van der Waals surface area contributed by atoms with Crippen LogP contribution in [-0.4, -0.2) is 24.0 Å². The summed E-state index contributed by atoms with van der Waals surface area (Å²) in [6, 6.07) is 8.96. The number of fused-ring (bicyclic) bond motifs is 1. The zero-order valence-corrected chi connectivity index (χ0v) is 16.3. The van der Waals surface area contributed by atoms with Gasteiger partial charge in [0.2, 0.25) is 5.91 Å². The second kappa shape index (κ2) is 7.63. The number of anilines is 3. The van der Waals surface area contributed by atoms with E-state index in [1.54, 1.807) is 12.1 Å². The van der Waals surface area contributed by atoms with Crippen LogP contribution in [0.2, 0.25) is 0 Å². The Balaban J connectivity index is 1.83. The molecular weight excluding hydrogens is 364 g/mol. The largest absolute Gasteiger partial charge is 0.494 e. The maximum Gasteiger partial charge on any atom is 0.323 e. The number of amides is 3. The molecule has 3 aromatic rings. The van der Waals surface area contributed by atoms with E-state index in [1.807, 2.05) is 32.0 Å². The lowest BCUT2D eigenvalue weighted by molar-refractivity contribution is -0.114. The number of hydrogen-bond donors (Lipinski definition) is 3. The highest BCUT2D eigenvalue weighted by Gasteiger charge is 2.13. The van der Waals surface area contributed by atoms with E-state index in [2.05, 4.69) is 20.9 Å². The third kappa shape index (κ3) is 4.35. The maximum atomic E-state index is 12.4. The van der Waals surface area contributed by atoms with Crippen LogP contribution in [0.25, 0.3) is 10.2 Å². The summed E-state index contributed by atoms with van der Waals surface area (Å²) in [7, 11) is 1.53. The van der Waals surface area contributed by atoms with Crippen molar-refractivity contribution in [1.82, 2.24) is 4.98 Å². The summed E-state index contributed by atoms with van der Waals surface area (Å²) < 4.78 is 6.17. The first kappa shape index (κ1) is 18.7. The van der Waals surface area contributed by atoms with Gasteiger partial charge < -0.3 is 20.7 Å². The molecule has 0 bridgehead atoms. The molecule has 7 nitrogen and oxygen atoms in total. The fourth-order valence-electron chi connectivity index (χ4n) is 2.67. The topological polar surface area (TPSA) is 92.4 Å². The average molecular weight is 384 g/mol. The molecule has 0 atom stereocenters. The molecule has 27 heavy (non-hydrogen) atoms. The van der Waals surface area contributed by atoms with Crippen LogP contribution in [0.1, 0.15) is 18.1 Å². The monoisotopic (exact) mass is 384 g/mol. The molecule has 3 amide bonds. The minimum atomic E-state index is -0.352. The molecule has 0 aliphatic heterocycles. The SMILES string of the molecule is COc1cc(NC(=O)Nc2ccc(C)cc2C)cc2sc(NC(C)=O)nc12. The van der Waals surface area contributed by atoms with Crippen LogP contribution in [0.15, 0.2) is 30.3 Å². The lowest BCUT2D eigenvalue weighted by Crippen LogP contribution is -2.20. The normalized spacial score (nSPS) is 10.5. The number of aryl methyl sites for hydroxylation is 2. The van der Waals surface area contributed by atoms with Gasteiger partial charge in [0.1, 0.15) is 11.3 Å². The Labute approximate surface area is 160 Å². The first-order chi connectivity index (χ1) is 12.9. The molecule has 0 saturated carbocycles. The van der Waals surface area contributed by atoms with Crippen LogP contribution in [0.3, 0.4) is 0 Å². The molecule has 0 spiro atoms. The molecule has 8 heteroatoms. The predicted octanol–water partition coefficient (Wildman–Crippen LogP) is 4.52. The number of hydrogen-bond acceptors (Lipinski definition) is 5. The van der Waals surface area contributed by atoms with Crippen LogP contribution in [0.5, 0.6) is 5.75 Å². The van der Waals surface area contributed by atoms with Crippen molar-refractivity contribution in [1.29, 1.82) is 0 Å². The van der Waals surface area contributed by atoms with Crippen molar-refractivity contribution in [3.8, 4) is 5.75 Å². The summed E-state index contributed by atoms with van der Waals surface area (Å²) in [5.41, 5.74) is 4.07. The van der Waals surface area contributed by atoms with Gasteiger partial charge in [0.15, 0.2) is 5.13 Å². The molecule has 3 N–H and O–H groups in total. The Morgan fingerprint density at radius 2 is 1.85 bits per heavy atom. The summed E-state index contributed by atoms with van der Waals surface area (Å²) in [6.45, 7) is 5.37. The Kier molecular flexibility index (Phi) is 5.27. The summed E-state index contributed by atoms with van der Waals surface area (Å²) in [4.78, 5) is 28.0. The fraction of sp³-hybridized carbons (Fsp3) is 0.211. The number of nitrogens with one attached hydrogen (secondary N) is 3. The van der Waals surface area contributed by atoms with Crippen LogP contribution < -0.4 is 20.7 Å². The van der Waals surface area contributed by atoms with Crippen molar-refractivity contribution in [2.75, 3.05) is 23.1 Å². The number of aromatic nitrogens is 1. The van der Waals surface area contributed by atoms with Gasteiger partial charge in [-0.2, -0.15) is 0 Å². The van der Waals surface area contributed by atoms with E-state index in [0.717, 1.165) is 21.5 Å². The van der Waals surface area contributed by atoms with Gasteiger partial charge >= 0.3 is 6.03 Å². The molecule has 0 fully saturated rings. The van der Waals surface area contributed by atoms with Gasteiger partial charge in [0, 0.05) is 24.4 Å². The number of carbonyl (C=O) groups excluding carboxylic acids is 2. The number of methoxy groups -OCH3 is 1. The third-order valence-electron chi connectivity index (χ3n) is 3.85. The summed E-state index contributed by atoms with van der Waals surface area (Å²) >= 11 is 1.31. The number of thiazole rings is 1. The average Bonchev–Trinajstić information content (AvgIpc) is 2.98. The van der Waals surface area contributed by atoms with Crippen molar-refractivity contribution in [2.45, 2.75) is 20.8 Å². The molecule has 3 rings (SSSR count). The smallest absolute Gasteiger partial charge is 0.323 e. The molecule has 1 aromatic heterocycles. The summed E-state index contributed by atoms with van der Waals surface area (Å²) in [5, 5.41) is 8.80. The molecule has 2 aromatic carbocycles. The molecule has 1 heterocycles. The van der Waals surface area contributed by atoms with Gasteiger partial charge in [-0.05, 0) is 31.5 Å². The predicted molar refractivity (Wildman–Crippen MR) is 109 cm³/mol. The molecule has 0 aliphatic carbocycles. The Morgan fingerprint density at radius 1 is 1.07 bits per heavy atom. The Bertz CT molecular complexity index is 1030. The van der Waals surface area contributed by atoms with E-state index in [4.69, 9.17) is 4.74 Å². The highest BCUT2D eigenvalue weighted by molar-refractivity contribution is 7.22. The second-order valence-electron chi connectivity index (χ2n) is 6.12. The first-order valence-electron chi connectivity index (χ1n) is 8.27. The number of urea groups is 1. The van der Waals surface area contributed by atoms with Crippen molar-refractivity contribution >= 4 is 50.0 Å². The number of rotatable bonds is 4. The van der Waals surface area contributed by atoms with Gasteiger partial charge in [-0.25, -0.2) is 9.78 Å². The lowest BCUT2D eigenvalue weighted by Gasteiger charge is -2.11. The van der Waals surface area contributed by atoms with Gasteiger partial charge in [0.25, 0.3) is 0 Å². The van der Waals surface area contributed by atoms with Gasteiger partial charge in [-0.3, -0.25) is 4.79 Å². The lowest BCUT2D eigenvalue weighted by atomic mass is 10.1. The highest BCUT2D eigenvalue weighted by Crippen LogP contribution is 2.35. The standard InChI is InChI=1S/C19H20N4O3S/c1-10-5-6-14(11(2)7-10)22-18(25)21-13-8-15(26-4)17-16(9-13)27-19(23-17)20-12(3)24/h5-9H,1-4H3,(H,20,23,24)(H2,21,22,25). The Hall–Kier alpha value is -3.13. The minimum Gasteiger partial charge on any atom is -0.494 e. The fourth-order valence-corrected chi connectivity index (χ4v) is 3.64. The molecule has 140 valence electrons. The third-order valence-corrected chi connectivity index (χ3v) is 4.77. The second-order valence-corrected chi connectivity index (χ2v) is 7.15. The zero-order chi connectivity index (χ0) is 19.6. The Morgan fingerprint density at radius 3 is 2.52 bits per heavy atom. The summed E-state index contributed by atoms with van der Waals surface area (Å²) in [6.07, 6.45) is 0. The van der Waals surface area contributed by atoms with Crippen molar-refractivity contribution in [3.63, 3.8) is 0 Å². The van der Waals surface area contributed by atoms with Gasteiger partial charge in [-0.1, -0.05) is 29.0 Å². The van der Waals surface area contributed by atoms with E-state index < -0.39 is 0 Å². The van der Waals surface area contributed by atoms with Crippen molar-refractivity contribution in [2.24, 2.45) is 0 Å². The van der Waals surface area contributed by atoms with E-state index in [0.29, 0.717) is 22.1 Å². The number of carbonyl (C=O) groups is 2. The van der Waals surface area contributed by atoms with Crippen LogP contribution >= 0.6 is 11.3 Å². The number of benzene rings is 2. The molecule has 0 radical (unpaired) electrons. The summed E-state index contributed by atoms with van der Waals surface area (Å²) in [5.74, 6) is 0.321. The number of ether oxygens (including phenoxy) is 1. The number of nitrogens with zero attached hydrogens (tertiary/aromatic N) is 1. The first-order valence-corrected chi connectivity index (χ1v) is 9.09. The minimum absolute atomic E-state index is 0.195. The molecule has 0 unspecified atom stereocenters. The van der Waals surface area contributed by atoms with Crippen molar-refractivity contribution < 1.29 is 14.3 Å². The maximum absolute atomic E-state index is 12.4. The van der Waals surface area contributed by atoms with Gasteiger partial charge in [-0.15, -0.1) is 0 Å². The van der Waals surface area contributed by atoms with Crippen LogP contribution in [0, 0.1) is 13.8 Å². The van der Waals surface area contributed by atoms with Crippen molar-refractivity contribution in [3.05, 3.63) is 41.5 Å². The van der Waals surface area contributed by atoms with Gasteiger partial charge in [0.05, 0.1) is 11.8 Å². The van der Waals surface area contributed by atoms with Crippen LogP contribution in [0.4, 0.5) is 21.3 Å². The molecule has 0 aliphatic rings. The molecule has 0 saturated heterocycles. The van der Waals surface area contributed by atoms with E-state index in [-0.39, 0.29) is 11.9 Å². The van der Waals surface area contributed by atoms with Crippen LogP contribution in [-0.2, 0) is 4.79 Å². The quantitative estimate of drug-likeness (QED) is 0.616. The van der Waals surface area contributed by atoms with E-state index in [1.165, 1.54) is 25.4 Å². The van der Waals surface area contributed by atoms with E-state index in [9.17, 15) is 9.59 Å². The molecular formula is C19H20N4O3S. The zero-order valence-electron chi connectivity index (χ0n) is 15.5. The van der Waals surface area contributed by atoms with E-state index >= 15 is 0 Å².